The lowest BCUT2D eigenvalue weighted by atomic mass is 9.97. The fraction of sp³-hybridized carbons (Fsp3) is 0.400. The van der Waals surface area contributed by atoms with Crippen molar-refractivity contribution in [2.24, 2.45) is 0 Å². The van der Waals surface area contributed by atoms with Crippen LogP contribution in [-0.2, 0) is 4.74 Å². The van der Waals surface area contributed by atoms with E-state index in [0.717, 1.165) is 5.56 Å². The fourth-order valence-corrected chi connectivity index (χ4v) is 7.23. The van der Waals surface area contributed by atoms with Crippen LogP contribution in [0.2, 0.25) is 18.1 Å². The number of esters is 1. The molecule has 2 heterocycles. The highest BCUT2D eigenvalue weighted by atomic mass is 79.9. The molecule has 2 aromatic heterocycles. The SMILES string of the molecule is COC(=O)c1c(Br)c(OC)cc(O[Si](C)(C)C(C)(C)C)c1C(S)CC(Nc1nc(-c2ccc([N+](=O)[O-])cc2)cs1)c1nc(C)no1. The van der Waals surface area contributed by atoms with Gasteiger partial charge in [-0.2, -0.15) is 17.6 Å². The summed E-state index contributed by atoms with van der Waals surface area (Å²) in [7, 11) is 0.432. The quantitative estimate of drug-likeness (QED) is 0.0471. The Morgan fingerprint density at radius 1 is 1.20 bits per heavy atom. The topological polar surface area (TPSA) is 152 Å². The summed E-state index contributed by atoms with van der Waals surface area (Å²) in [5.41, 5.74) is 2.14. The van der Waals surface area contributed by atoms with Crippen LogP contribution in [0.5, 0.6) is 11.5 Å². The molecule has 16 heteroatoms. The molecule has 0 aliphatic heterocycles. The van der Waals surface area contributed by atoms with E-state index in [1.54, 1.807) is 25.1 Å². The van der Waals surface area contributed by atoms with E-state index >= 15 is 0 Å². The van der Waals surface area contributed by atoms with E-state index in [9.17, 15) is 14.9 Å². The molecule has 0 fully saturated rings. The number of rotatable bonds is 12. The molecule has 0 saturated heterocycles. The molecule has 0 spiro atoms. The van der Waals surface area contributed by atoms with Gasteiger partial charge in [0.05, 0.1) is 34.9 Å². The predicted molar refractivity (Wildman–Crippen MR) is 186 cm³/mol. The number of aromatic nitrogens is 3. The molecule has 2 unspecified atom stereocenters. The summed E-state index contributed by atoms with van der Waals surface area (Å²) < 4.78 is 23.6. The van der Waals surface area contributed by atoms with E-state index in [2.05, 4.69) is 65.3 Å². The van der Waals surface area contributed by atoms with Gasteiger partial charge in [0.2, 0.25) is 14.2 Å². The summed E-state index contributed by atoms with van der Waals surface area (Å²) in [5.74, 6) is 1.07. The van der Waals surface area contributed by atoms with Gasteiger partial charge in [0, 0.05) is 40.0 Å². The van der Waals surface area contributed by atoms with Crippen molar-refractivity contribution in [3.8, 4) is 22.8 Å². The maximum Gasteiger partial charge on any atom is 0.339 e. The zero-order valence-electron chi connectivity index (χ0n) is 26.7. The third kappa shape index (κ3) is 7.73. The normalized spacial score (nSPS) is 13.2. The van der Waals surface area contributed by atoms with Gasteiger partial charge in [-0.3, -0.25) is 10.1 Å². The van der Waals surface area contributed by atoms with Crippen molar-refractivity contribution in [2.45, 2.75) is 63.5 Å². The monoisotopic (exact) mass is 749 g/mol. The number of thiazole rings is 1. The summed E-state index contributed by atoms with van der Waals surface area (Å²) in [6, 6.07) is 7.37. The molecule has 2 atom stereocenters. The molecule has 46 heavy (non-hydrogen) atoms. The number of halogens is 1. The molecule has 246 valence electrons. The van der Waals surface area contributed by atoms with E-state index in [0.29, 0.717) is 44.1 Å². The van der Waals surface area contributed by atoms with Crippen LogP contribution in [0.4, 0.5) is 10.8 Å². The van der Waals surface area contributed by atoms with Crippen molar-refractivity contribution in [2.75, 3.05) is 19.5 Å². The highest BCUT2D eigenvalue weighted by Crippen LogP contribution is 2.48. The fourth-order valence-electron chi connectivity index (χ4n) is 4.31. The van der Waals surface area contributed by atoms with E-state index in [1.165, 1.54) is 37.7 Å². The number of thiol groups is 1. The lowest BCUT2D eigenvalue weighted by Crippen LogP contribution is -2.44. The second-order valence-corrected chi connectivity index (χ2v) is 19.0. The minimum Gasteiger partial charge on any atom is -0.543 e. The van der Waals surface area contributed by atoms with Crippen molar-refractivity contribution in [3.63, 3.8) is 0 Å². The standard InChI is InChI=1S/C30H36BrN5O7S2Si/c1-16-32-27(42-35-16)19(33-29-34-20(15-45-29)17-9-11-18(12-10-17)36(38)39)13-23(44)24-21(43-46(7,8)30(2,3)4)14-22(40-5)26(31)25(24)28(37)41-6/h9-12,14-15,19,23,44H,13H2,1-8H3,(H,33,34). The van der Waals surface area contributed by atoms with Crippen molar-refractivity contribution in [3.05, 3.63) is 73.1 Å². The van der Waals surface area contributed by atoms with Gasteiger partial charge in [0.1, 0.15) is 17.5 Å². The van der Waals surface area contributed by atoms with Crippen LogP contribution in [0.1, 0.15) is 66.1 Å². The largest absolute Gasteiger partial charge is 0.543 e. The number of hydrogen-bond acceptors (Lipinski definition) is 13. The lowest BCUT2D eigenvalue weighted by Gasteiger charge is -2.38. The highest BCUT2D eigenvalue weighted by molar-refractivity contribution is 9.10. The lowest BCUT2D eigenvalue weighted by molar-refractivity contribution is -0.384. The summed E-state index contributed by atoms with van der Waals surface area (Å²) in [4.78, 5) is 33.1. The van der Waals surface area contributed by atoms with Crippen LogP contribution in [0, 0.1) is 17.0 Å². The summed E-state index contributed by atoms with van der Waals surface area (Å²) in [6.07, 6.45) is 0.272. The summed E-state index contributed by atoms with van der Waals surface area (Å²) >= 11 is 9.95. The maximum atomic E-state index is 13.3. The molecule has 4 aromatic rings. The number of benzene rings is 2. The number of nitro groups is 1. The Bertz CT molecular complexity index is 1720. The van der Waals surface area contributed by atoms with Gasteiger partial charge in [0.25, 0.3) is 5.69 Å². The van der Waals surface area contributed by atoms with E-state index in [4.69, 9.17) is 36.0 Å². The van der Waals surface area contributed by atoms with Crippen molar-refractivity contribution < 1.29 is 28.1 Å². The minimum atomic E-state index is -2.40. The molecule has 0 amide bonds. The summed E-state index contributed by atoms with van der Waals surface area (Å²) in [5, 5.41) is 20.1. The van der Waals surface area contributed by atoms with E-state index in [-0.39, 0.29) is 22.7 Å². The number of carbonyl (C=O) groups excluding carboxylic acids is 1. The Morgan fingerprint density at radius 3 is 2.41 bits per heavy atom. The van der Waals surface area contributed by atoms with Gasteiger partial charge >= 0.3 is 5.97 Å². The maximum absolute atomic E-state index is 13.3. The highest BCUT2D eigenvalue weighted by Gasteiger charge is 2.41. The first-order valence-electron chi connectivity index (χ1n) is 14.2. The zero-order chi connectivity index (χ0) is 34.0. The average molecular weight is 751 g/mol. The van der Waals surface area contributed by atoms with Crippen LogP contribution in [0.15, 0.2) is 44.7 Å². The Kier molecular flexibility index (Phi) is 10.9. The third-order valence-corrected chi connectivity index (χ3v) is 14.2. The van der Waals surface area contributed by atoms with Crippen LogP contribution in [0.25, 0.3) is 11.3 Å². The number of nitrogens with zero attached hydrogens (tertiary/aromatic N) is 4. The number of non-ortho nitro benzene ring substituents is 1. The van der Waals surface area contributed by atoms with Crippen molar-refractivity contribution >= 4 is 65.0 Å². The van der Waals surface area contributed by atoms with Crippen LogP contribution in [0.3, 0.4) is 0 Å². The minimum absolute atomic E-state index is 0.00243. The van der Waals surface area contributed by atoms with Crippen LogP contribution in [-0.4, -0.2) is 48.6 Å². The van der Waals surface area contributed by atoms with Crippen molar-refractivity contribution in [1.29, 1.82) is 0 Å². The molecule has 12 nitrogen and oxygen atoms in total. The van der Waals surface area contributed by atoms with E-state index in [1.807, 2.05) is 5.38 Å². The third-order valence-electron chi connectivity index (χ3n) is 7.82. The molecule has 0 saturated carbocycles. The Balaban J connectivity index is 1.75. The Hall–Kier alpha value is -3.47. The Morgan fingerprint density at radius 2 is 1.87 bits per heavy atom. The molecule has 4 rings (SSSR count). The average Bonchev–Trinajstić information content (AvgIpc) is 3.65. The number of ether oxygens (including phenoxy) is 2. The molecule has 0 bridgehead atoms. The van der Waals surface area contributed by atoms with E-state index < -0.39 is 30.5 Å². The van der Waals surface area contributed by atoms with Gasteiger partial charge in [-0.05, 0) is 59.5 Å². The van der Waals surface area contributed by atoms with Gasteiger partial charge in [0.15, 0.2) is 11.0 Å². The number of carbonyl (C=O) groups is 1. The van der Waals surface area contributed by atoms with Gasteiger partial charge in [-0.1, -0.05) is 25.9 Å². The number of anilines is 1. The molecular formula is C30H36BrN5O7S2Si. The predicted octanol–water partition coefficient (Wildman–Crippen LogP) is 8.57. The number of methoxy groups -OCH3 is 2. The first-order chi connectivity index (χ1) is 21.6. The van der Waals surface area contributed by atoms with Crippen LogP contribution < -0.4 is 14.5 Å². The molecule has 0 radical (unpaired) electrons. The van der Waals surface area contributed by atoms with Gasteiger partial charge in [-0.15, -0.1) is 11.3 Å². The smallest absolute Gasteiger partial charge is 0.339 e. The first-order valence-corrected chi connectivity index (χ1v) is 19.3. The second kappa shape index (κ2) is 14.1. The zero-order valence-corrected chi connectivity index (χ0v) is 31.0. The molecule has 0 aliphatic rings. The number of hydrogen-bond donors (Lipinski definition) is 2. The first kappa shape index (κ1) is 35.4. The second-order valence-electron chi connectivity index (χ2n) is 12.0. The summed E-state index contributed by atoms with van der Waals surface area (Å²) in [6.45, 7) is 12.3. The number of aryl methyl sites for hydroxylation is 1. The molecular weight excluding hydrogens is 714 g/mol. The molecule has 1 N–H and O–H groups in total. The number of nitro benzene ring substituents is 1. The Labute approximate surface area is 286 Å². The van der Waals surface area contributed by atoms with Crippen molar-refractivity contribution in [1.82, 2.24) is 15.1 Å². The molecule has 0 aliphatic carbocycles. The van der Waals surface area contributed by atoms with Gasteiger partial charge in [-0.25, -0.2) is 9.78 Å². The van der Waals surface area contributed by atoms with Crippen LogP contribution >= 0.6 is 39.9 Å². The number of nitrogens with one attached hydrogen (secondary N) is 1. The van der Waals surface area contributed by atoms with Gasteiger partial charge < -0.3 is 23.7 Å². The molecule has 2 aromatic carbocycles.